The maximum absolute atomic E-state index is 12.4. The molecule has 2 N–H and O–H groups in total. The fraction of sp³-hybridized carbons (Fsp3) is 0.417. The third kappa shape index (κ3) is 4.39. The van der Waals surface area contributed by atoms with E-state index in [9.17, 15) is 15.2 Å². The number of aliphatic carboxylic acids is 1. The van der Waals surface area contributed by atoms with Crippen LogP contribution in [0, 0.1) is 16.7 Å². The van der Waals surface area contributed by atoms with Gasteiger partial charge in [0.05, 0.1) is 13.2 Å². The molecule has 0 aromatic heterocycles. The van der Waals surface area contributed by atoms with Crippen molar-refractivity contribution in [2.75, 3.05) is 7.11 Å². The van der Waals surface area contributed by atoms with E-state index in [1.165, 1.54) is 7.11 Å². The predicted octanol–water partition coefficient (Wildman–Crippen LogP) is 5.41. The van der Waals surface area contributed by atoms with Gasteiger partial charge in [-0.15, -0.1) is 0 Å². The van der Waals surface area contributed by atoms with Crippen LogP contribution < -0.4 is 10.1 Å². The highest BCUT2D eigenvalue weighted by molar-refractivity contribution is 6.31. The third-order valence-corrected chi connectivity index (χ3v) is 6.31. The highest BCUT2D eigenvalue weighted by atomic mass is 35.5. The molecule has 4 atom stereocenters. The molecule has 7 heteroatoms. The summed E-state index contributed by atoms with van der Waals surface area (Å²) in [7, 11) is 1.52. The lowest BCUT2D eigenvalue weighted by Crippen LogP contribution is -2.44. The Bertz CT molecular complexity index is 1030. The average molecular weight is 461 g/mol. The Balaban J connectivity index is 2.36. The van der Waals surface area contributed by atoms with E-state index in [1.807, 2.05) is 6.07 Å². The second-order valence-electron chi connectivity index (χ2n) is 9.16. The van der Waals surface area contributed by atoms with Crippen LogP contribution in [0.3, 0.4) is 0 Å². The van der Waals surface area contributed by atoms with E-state index in [2.05, 4.69) is 32.2 Å². The lowest BCUT2D eigenvalue weighted by atomic mass is 9.62. The largest absolute Gasteiger partial charge is 0.496 e. The predicted molar refractivity (Wildman–Crippen MR) is 122 cm³/mol. The van der Waals surface area contributed by atoms with Gasteiger partial charge < -0.3 is 9.84 Å². The minimum Gasteiger partial charge on any atom is -0.496 e. The lowest BCUT2D eigenvalue weighted by Gasteiger charge is -2.37. The molecule has 0 saturated carbocycles. The van der Waals surface area contributed by atoms with E-state index in [0.717, 1.165) is 0 Å². The Morgan fingerprint density at radius 1 is 1.23 bits per heavy atom. The lowest BCUT2D eigenvalue weighted by molar-refractivity contribution is -0.139. The van der Waals surface area contributed by atoms with Crippen LogP contribution in [0.2, 0.25) is 10.0 Å². The number of benzene rings is 2. The first-order valence-corrected chi connectivity index (χ1v) is 10.8. The van der Waals surface area contributed by atoms with Crippen molar-refractivity contribution >= 4 is 29.2 Å². The van der Waals surface area contributed by atoms with Crippen LogP contribution in [0.4, 0.5) is 0 Å². The Morgan fingerprint density at radius 3 is 2.45 bits per heavy atom. The smallest absolute Gasteiger partial charge is 0.321 e. The summed E-state index contributed by atoms with van der Waals surface area (Å²) in [5.74, 6) is -1.27. The molecule has 1 saturated heterocycles. The number of rotatable bonds is 5. The average Bonchev–Trinajstić information content (AvgIpc) is 3.01. The van der Waals surface area contributed by atoms with Crippen LogP contribution in [-0.2, 0) is 10.2 Å². The topological polar surface area (TPSA) is 82.3 Å². The Kier molecular flexibility index (Phi) is 6.57. The van der Waals surface area contributed by atoms with Gasteiger partial charge in [-0.25, -0.2) is 0 Å². The number of hydrogen-bond donors (Lipinski definition) is 2. The number of carboxylic acids is 1. The standard InChI is InChI=1S/C24H26Cl2N2O3/c1-23(2,3)12-19-24(13-27,17-9-8-16(26)11-18(17)31-4)20(21(28-19)22(29)30)14-6-5-7-15(25)10-14/h5-11,19-21,28H,12H2,1-4H3,(H,29,30). The van der Waals surface area contributed by atoms with Crippen LogP contribution in [0.15, 0.2) is 42.5 Å². The monoisotopic (exact) mass is 460 g/mol. The molecule has 0 aliphatic carbocycles. The van der Waals surface area contributed by atoms with Crippen molar-refractivity contribution in [3.8, 4) is 11.8 Å². The number of nitriles is 1. The number of carboxylic acid groups (broad SMARTS) is 1. The Morgan fingerprint density at radius 2 is 1.90 bits per heavy atom. The normalized spacial score (nSPS) is 25.8. The minimum absolute atomic E-state index is 0.161. The van der Waals surface area contributed by atoms with E-state index in [0.29, 0.717) is 33.3 Å². The second-order valence-corrected chi connectivity index (χ2v) is 10.0. The van der Waals surface area contributed by atoms with Gasteiger partial charge in [-0.3, -0.25) is 10.1 Å². The third-order valence-electron chi connectivity index (χ3n) is 5.84. The second kappa shape index (κ2) is 8.70. The van der Waals surface area contributed by atoms with Crippen molar-refractivity contribution in [3.05, 3.63) is 63.6 Å². The summed E-state index contributed by atoms with van der Waals surface area (Å²) in [5.41, 5.74) is -0.0948. The summed E-state index contributed by atoms with van der Waals surface area (Å²) in [6, 6.07) is 13.3. The van der Waals surface area contributed by atoms with Gasteiger partial charge in [0.2, 0.25) is 0 Å². The number of nitrogens with one attached hydrogen (secondary N) is 1. The molecule has 3 rings (SSSR count). The van der Waals surface area contributed by atoms with Gasteiger partial charge in [0.15, 0.2) is 0 Å². The Hall–Kier alpha value is -2.26. The highest BCUT2D eigenvalue weighted by Crippen LogP contribution is 2.53. The molecule has 1 heterocycles. The number of methoxy groups -OCH3 is 1. The van der Waals surface area contributed by atoms with Gasteiger partial charge in [0.1, 0.15) is 17.2 Å². The number of nitrogens with zero attached hydrogens (tertiary/aromatic N) is 1. The summed E-state index contributed by atoms with van der Waals surface area (Å²) < 4.78 is 5.61. The first kappa shape index (κ1) is 23.4. The Labute approximate surface area is 192 Å². The van der Waals surface area contributed by atoms with Gasteiger partial charge in [0.25, 0.3) is 0 Å². The summed E-state index contributed by atoms with van der Waals surface area (Å²) in [6.45, 7) is 6.20. The molecule has 5 nitrogen and oxygen atoms in total. The molecule has 0 spiro atoms. The fourth-order valence-electron chi connectivity index (χ4n) is 4.70. The molecule has 4 unspecified atom stereocenters. The SMILES string of the molecule is COc1cc(Cl)ccc1C1(C#N)C(CC(C)(C)C)NC(C(=O)O)C1c1cccc(Cl)c1. The summed E-state index contributed by atoms with van der Waals surface area (Å²) >= 11 is 12.5. The summed E-state index contributed by atoms with van der Waals surface area (Å²) in [4.78, 5) is 12.4. The van der Waals surface area contributed by atoms with Crippen LogP contribution in [-0.4, -0.2) is 30.3 Å². The van der Waals surface area contributed by atoms with E-state index in [1.54, 1.807) is 36.4 Å². The van der Waals surface area contributed by atoms with Gasteiger partial charge >= 0.3 is 5.97 Å². The molecule has 2 aromatic carbocycles. The zero-order chi connectivity index (χ0) is 23.0. The molecule has 164 valence electrons. The van der Waals surface area contributed by atoms with Crippen molar-refractivity contribution in [1.82, 2.24) is 5.32 Å². The van der Waals surface area contributed by atoms with E-state index < -0.39 is 29.4 Å². The first-order valence-electron chi connectivity index (χ1n) is 10.0. The van der Waals surface area contributed by atoms with Gasteiger partial charge in [-0.1, -0.05) is 62.2 Å². The molecule has 1 fully saturated rings. The molecule has 31 heavy (non-hydrogen) atoms. The number of halogens is 2. The van der Waals surface area contributed by atoms with Crippen LogP contribution in [0.25, 0.3) is 0 Å². The van der Waals surface area contributed by atoms with Crippen LogP contribution in [0.1, 0.15) is 44.2 Å². The van der Waals surface area contributed by atoms with Crippen LogP contribution in [0.5, 0.6) is 5.75 Å². The quantitative estimate of drug-likeness (QED) is 0.623. The van der Waals surface area contributed by atoms with Gasteiger partial charge in [-0.2, -0.15) is 5.26 Å². The molecule has 1 aliphatic heterocycles. The van der Waals surface area contributed by atoms with Gasteiger partial charge in [-0.05, 0) is 41.7 Å². The van der Waals surface area contributed by atoms with E-state index >= 15 is 0 Å². The maximum atomic E-state index is 12.4. The van der Waals surface area contributed by atoms with E-state index in [-0.39, 0.29) is 5.41 Å². The molecular formula is C24H26Cl2N2O3. The van der Waals surface area contributed by atoms with Crippen molar-refractivity contribution in [2.45, 2.75) is 50.6 Å². The van der Waals surface area contributed by atoms with Crippen molar-refractivity contribution in [3.63, 3.8) is 0 Å². The summed E-state index contributed by atoms with van der Waals surface area (Å²) in [6.07, 6.45) is 0.577. The molecule has 2 aromatic rings. The zero-order valence-corrected chi connectivity index (χ0v) is 19.5. The zero-order valence-electron chi connectivity index (χ0n) is 17.9. The summed E-state index contributed by atoms with van der Waals surface area (Å²) in [5, 5.41) is 25.1. The van der Waals surface area contributed by atoms with Crippen LogP contribution >= 0.6 is 23.2 Å². The molecule has 0 amide bonds. The fourth-order valence-corrected chi connectivity index (χ4v) is 5.06. The first-order chi connectivity index (χ1) is 14.5. The number of carbonyl (C=O) groups is 1. The molecule has 1 aliphatic rings. The van der Waals surface area contributed by atoms with Gasteiger partial charge in [0, 0.05) is 27.6 Å². The maximum Gasteiger partial charge on any atom is 0.321 e. The van der Waals surface area contributed by atoms with Crippen molar-refractivity contribution in [2.24, 2.45) is 5.41 Å². The van der Waals surface area contributed by atoms with Crippen molar-refractivity contribution < 1.29 is 14.6 Å². The highest BCUT2D eigenvalue weighted by Gasteiger charge is 2.60. The number of ether oxygens (including phenoxy) is 1. The molecule has 0 radical (unpaired) electrons. The van der Waals surface area contributed by atoms with Crippen molar-refractivity contribution in [1.29, 1.82) is 5.26 Å². The number of hydrogen-bond acceptors (Lipinski definition) is 4. The minimum atomic E-state index is -1.23. The van der Waals surface area contributed by atoms with E-state index in [4.69, 9.17) is 27.9 Å². The molecular weight excluding hydrogens is 435 g/mol. The molecule has 0 bridgehead atoms.